The summed E-state index contributed by atoms with van der Waals surface area (Å²) >= 11 is 6.17. The number of benzene rings is 1. The number of amides is 1. The van der Waals surface area contributed by atoms with Gasteiger partial charge in [0.05, 0.1) is 10.5 Å². The maximum absolute atomic E-state index is 13.6. The number of thioether (sulfide) groups is 1. The minimum atomic E-state index is -1.18. The van der Waals surface area contributed by atoms with Crippen molar-refractivity contribution in [3.8, 4) is 0 Å². The lowest BCUT2D eigenvalue weighted by molar-refractivity contribution is -0.140. The number of piperazine rings is 1. The van der Waals surface area contributed by atoms with Crippen molar-refractivity contribution in [2.24, 2.45) is 0 Å². The van der Waals surface area contributed by atoms with Crippen LogP contribution in [0.4, 0.5) is 15.9 Å². The molecule has 2 saturated heterocycles. The lowest BCUT2D eigenvalue weighted by Crippen LogP contribution is -2.47. The first-order valence-electron chi connectivity index (χ1n) is 11.5. The van der Waals surface area contributed by atoms with Crippen LogP contribution in [0.1, 0.15) is 11.1 Å². The van der Waals surface area contributed by atoms with Crippen LogP contribution >= 0.6 is 24.0 Å². The van der Waals surface area contributed by atoms with Gasteiger partial charge in [0.1, 0.15) is 28.1 Å². The van der Waals surface area contributed by atoms with Crippen LogP contribution in [0.25, 0.3) is 11.7 Å². The number of hydrogen-bond donors (Lipinski definition) is 1. The van der Waals surface area contributed by atoms with Gasteiger partial charge in [0.15, 0.2) is 0 Å². The summed E-state index contributed by atoms with van der Waals surface area (Å²) in [4.78, 5) is 47.8. The first-order chi connectivity index (χ1) is 17.7. The van der Waals surface area contributed by atoms with Crippen molar-refractivity contribution in [1.29, 1.82) is 0 Å². The van der Waals surface area contributed by atoms with E-state index >= 15 is 0 Å². The predicted octanol–water partition coefficient (Wildman–Crippen LogP) is 2.75. The number of halogens is 1. The van der Waals surface area contributed by atoms with E-state index in [1.54, 1.807) is 24.4 Å². The molecular formula is C25H22FN5O4S2. The first kappa shape index (κ1) is 24.9. The van der Waals surface area contributed by atoms with Gasteiger partial charge in [-0.15, -0.1) is 0 Å². The molecule has 1 N–H and O–H groups in total. The molecule has 0 atom stereocenters. The van der Waals surface area contributed by atoms with Crippen LogP contribution in [0.3, 0.4) is 0 Å². The van der Waals surface area contributed by atoms with Crippen LogP contribution in [0.5, 0.6) is 0 Å². The number of anilines is 2. The average molecular weight is 540 g/mol. The standard InChI is InChI=1S/C25H22FN5O4S2/c1-15-2-7-20-27-22(29-10-8-28(9-11-29)17-5-3-16(26)4-6-17)18(23(34)30(20)13-15)12-19-24(35)31(14-21(32)33)25(36)37-19/h2-7,12-13H,8-11,14H2,1H3,(H,32,33)/b19-12+. The molecule has 4 heterocycles. The summed E-state index contributed by atoms with van der Waals surface area (Å²) in [6, 6.07) is 9.96. The van der Waals surface area contributed by atoms with E-state index in [1.165, 1.54) is 22.6 Å². The summed E-state index contributed by atoms with van der Waals surface area (Å²) in [6.07, 6.45) is 3.15. The van der Waals surface area contributed by atoms with Gasteiger partial charge in [-0.1, -0.05) is 30.0 Å². The Kier molecular flexibility index (Phi) is 6.69. The molecule has 190 valence electrons. The van der Waals surface area contributed by atoms with E-state index in [0.29, 0.717) is 37.6 Å². The average Bonchev–Trinajstić information content (AvgIpc) is 3.13. The fourth-order valence-electron chi connectivity index (χ4n) is 4.35. The van der Waals surface area contributed by atoms with Crippen LogP contribution < -0.4 is 15.4 Å². The monoisotopic (exact) mass is 539 g/mol. The number of carbonyl (C=O) groups is 2. The van der Waals surface area contributed by atoms with Gasteiger partial charge in [-0.2, -0.15) is 0 Å². The maximum Gasteiger partial charge on any atom is 0.323 e. The molecule has 2 aliphatic rings. The molecule has 12 heteroatoms. The van der Waals surface area contributed by atoms with Crippen molar-refractivity contribution in [2.75, 3.05) is 42.5 Å². The van der Waals surface area contributed by atoms with E-state index in [-0.39, 0.29) is 26.2 Å². The van der Waals surface area contributed by atoms with Crippen LogP contribution in [0.2, 0.25) is 0 Å². The summed E-state index contributed by atoms with van der Waals surface area (Å²) in [5.74, 6) is -1.59. The molecule has 0 spiro atoms. The Balaban J connectivity index is 1.52. The highest BCUT2D eigenvalue weighted by Crippen LogP contribution is 2.33. The summed E-state index contributed by atoms with van der Waals surface area (Å²) < 4.78 is 14.9. The van der Waals surface area contributed by atoms with Crippen molar-refractivity contribution in [2.45, 2.75) is 6.92 Å². The molecule has 2 aliphatic heterocycles. The lowest BCUT2D eigenvalue weighted by atomic mass is 10.2. The van der Waals surface area contributed by atoms with Gasteiger partial charge in [0.2, 0.25) is 0 Å². The molecular weight excluding hydrogens is 517 g/mol. The molecule has 5 rings (SSSR count). The van der Waals surface area contributed by atoms with Gasteiger partial charge in [0.25, 0.3) is 11.5 Å². The minimum absolute atomic E-state index is 0.123. The molecule has 1 aromatic carbocycles. The third-order valence-electron chi connectivity index (χ3n) is 6.20. The topological polar surface area (TPSA) is 98.5 Å². The number of carbonyl (C=O) groups excluding carboxylic acids is 1. The summed E-state index contributed by atoms with van der Waals surface area (Å²) in [5.41, 5.74) is 2.14. The van der Waals surface area contributed by atoms with E-state index in [4.69, 9.17) is 22.3 Å². The summed E-state index contributed by atoms with van der Waals surface area (Å²) in [6.45, 7) is 3.67. The molecule has 1 amide bonds. The van der Waals surface area contributed by atoms with Crippen molar-refractivity contribution >= 4 is 63.4 Å². The Bertz CT molecular complexity index is 1510. The SMILES string of the molecule is Cc1ccc2nc(N3CCN(c4ccc(F)cc4)CC3)c(/C=C3/SC(=S)N(CC(=O)O)C3=O)c(=O)n2c1. The van der Waals surface area contributed by atoms with Crippen LogP contribution in [-0.2, 0) is 9.59 Å². The molecule has 0 saturated carbocycles. The third kappa shape index (κ3) is 4.94. The lowest BCUT2D eigenvalue weighted by Gasteiger charge is -2.37. The van der Waals surface area contributed by atoms with Gasteiger partial charge in [0, 0.05) is 38.1 Å². The number of aliphatic carboxylic acids is 1. The zero-order valence-electron chi connectivity index (χ0n) is 19.8. The van der Waals surface area contributed by atoms with Crippen LogP contribution in [0.15, 0.2) is 52.3 Å². The van der Waals surface area contributed by atoms with E-state index in [0.717, 1.165) is 27.9 Å². The van der Waals surface area contributed by atoms with Crippen molar-refractivity contribution in [3.63, 3.8) is 0 Å². The van der Waals surface area contributed by atoms with Gasteiger partial charge in [-0.25, -0.2) is 9.37 Å². The Labute approximate surface area is 220 Å². The number of pyridine rings is 1. The normalized spacial score (nSPS) is 17.4. The van der Waals surface area contributed by atoms with E-state index in [1.807, 2.05) is 17.9 Å². The fraction of sp³-hybridized carbons (Fsp3) is 0.240. The smallest absolute Gasteiger partial charge is 0.323 e. The fourth-order valence-corrected chi connectivity index (χ4v) is 5.58. The second kappa shape index (κ2) is 9.94. The number of aromatic nitrogens is 2. The van der Waals surface area contributed by atoms with Gasteiger partial charge in [-0.3, -0.25) is 23.7 Å². The second-order valence-corrected chi connectivity index (χ2v) is 10.4. The molecule has 2 fully saturated rings. The third-order valence-corrected chi connectivity index (χ3v) is 7.58. The van der Waals surface area contributed by atoms with E-state index in [9.17, 15) is 18.8 Å². The molecule has 0 radical (unpaired) electrons. The van der Waals surface area contributed by atoms with Crippen molar-refractivity contribution in [1.82, 2.24) is 14.3 Å². The molecule has 0 unspecified atom stereocenters. The number of aryl methyl sites for hydroxylation is 1. The maximum atomic E-state index is 13.6. The Morgan fingerprint density at radius 3 is 2.46 bits per heavy atom. The van der Waals surface area contributed by atoms with E-state index in [2.05, 4.69) is 4.90 Å². The zero-order valence-corrected chi connectivity index (χ0v) is 21.4. The number of carboxylic acid groups (broad SMARTS) is 1. The van der Waals surface area contributed by atoms with Crippen LogP contribution in [0, 0.1) is 12.7 Å². The predicted molar refractivity (Wildman–Crippen MR) is 145 cm³/mol. The zero-order chi connectivity index (χ0) is 26.3. The Hall–Kier alpha value is -3.77. The van der Waals surface area contributed by atoms with Crippen molar-refractivity contribution in [3.05, 3.63) is 74.8 Å². The molecule has 37 heavy (non-hydrogen) atoms. The minimum Gasteiger partial charge on any atom is -0.480 e. The highest BCUT2D eigenvalue weighted by atomic mass is 32.2. The number of thiocarbonyl (C=S) groups is 1. The second-order valence-electron chi connectivity index (χ2n) is 8.70. The summed E-state index contributed by atoms with van der Waals surface area (Å²) in [5, 5.41) is 9.13. The number of carboxylic acids is 1. The number of nitrogens with zero attached hydrogens (tertiary/aromatic N) is 5. The van der Waals surface area contributed by atoms with Crippen LogP contribution in [-0.4, -0.2) is 68.3 Å². The summed E-state index contributed by atoms with van der Waals surface area (Å²) in [7, 11) is 0. The Morgan fingerprint density at radius 1 is 1.11 bits per heavy atom. The van der Waals surface area contributed by atoms with Gasteiger partial charge < -0.3 is 14.9 Å². The largest absolute Gasteiger partial charge is 0.480 e. The molecule has 2 aromatic heterocycles. The number of hydrogen-bond acceptors (Lipinski definition) is 8. The van der Waals surface area contributed by atoms with E-state index < -0.39 is 18.4 Å². The molecule has 0 bridgehead atoms. The van der Waals surface area contributed by atoms with Gasteiger partial charge in [-0.05, 0) is 48.9 Å². The number of fused-ring (bicyclic) bond motifs is 1. The molecule has 0 aliphatic carbocycles. The highest BCUT2D eigenvalue weighted by molar-refractivity contribution is 8.26. The quantitative estimate of drug-likeness (QED) is 0.388. The number of rotatable bonds is 5. The van der Waals surface area contributed by atoms with Crippen molar-refractivity contribution < 1.29 is 19.1 Å². The first-order valence-corrected chi connectivity index (χ1v) is 12.7. The molecule has 3 aromatic rings. The Morgan fingerprint density at radius 2 is 1.78 bits per heavy atom. The van der Waals surface area contributed by atoms with Gasteiger partial charge >= 0.3 is 5.97 Å². The molecule has 9 nitrogen and oxygen atoms in total. The highest BCUT2D eigenvalue weighted by Gasteiger charge is 2.34.